The SMILES string of the molecule is COC1CCN(C(=O)c2ccc(C(=O)O)o2)C1. The standard InChI is InChI=1S/C11H13NO5/c1-16-7-4-5-12(6-7)10(13)8-2-3-9(17-8)11(14)15/h2-3,7H,4-6H2,1H3,(H,14,15). The Hall–Kier alpha value is -1.82. The Morgan fingerprint density at radius 3 is 2.71 bits per heavy atom. The number of rotatable bonds is 3. The third kappa shape index (κ3) is 2.31. The smallest absolute Gasteiger partial charge is 0.371 e. The van der Waals surface area contributed by atoms with E-state index >= 15 is 0 Å². The Balaban J connectivity index is 2.07. The number of ether oxygens (including phenoxy) is 1. The zero-order valence-electron chi connectivity index (χ0n) is 9.38. The van der Waals surface area contributed by atoms with Crippen LogP contribution in [0, 0.1) is 0 Å². The highest BCUT2D eigenvalue weighted by molar-refractivity contribution is 5.93. The molecule has 1 amide bonds. The van der Waals surface area contributed by atoms with Gasteiger partial charge in [0.2, 0.25) is 5.76 Å². The van der Waals surface area contributed by atoms with Gasteiger partial charge in [-0.2, -0.15) is 0 Å². The maximum absolute atomic E-state index is 11.9. The number of amides is 1. The molecule has 1 N–H and O–H groups in total. The molecule has 1 aromatic heterocycles. The third-order valence-electron chi connectivity index (χ3n) is 2.79. The van der Waals surface area contributed by atoms with E-state index in [1.165, 1.54) is 12.1 Å². The van der Waals surface area contributed by atoms with Crippen LogP contribution in [0.4, 0.5) is 0 Å². The first-order chi connectivity index (χ1) is 8.11. The van der Waals surface area contributed by atoms with E-state index in [1.807, 2.05) is 0 Å². The number of carbonyl (C=O) groups excluding carboxylic acids is 1. The van der Waals surface area contributed by atoms with E-state index in [1.54, 1.807) is 12.0 Å². The molecule has 0 spiro atoms. The van der Waals surface area contributed by atoms with Crippen LogP contribution in [0.2, 0.25) is 0 Å². The number of aromatic carboxylic acids is 1. The van der Waals surface area contributed by atoms with Gasteiger partial charge < -0.3 is 19.2 Å². The zero-order chi connectivity index (χ0) is 12.4. The van der Waals surface area contributed by atoms with Crippen LogP contribution in [0.3, 0.4) is 0 Å². The summed E-state index contributed by atoms with van der Waals surface area (Å²) in [5.74, 6) is -1.65. The van der Waals surface area contributed by atoms with Crippen molar-refractivity contribution in [3.05, 3.63) is 23.7 Å². The predicted octanol–water partition coefficient (Wildman–Crippen LogP) is 0.839. The van der Waals surface area contributed by atoms with Gasteiger partial charge in [-0.1, -0.05) is 0 Å². The topological polar surface area (TPSA) is 80.0 Å². The average molecular weight is 239 g/mol. The van der Waals surface area contributed by atoms with Crippen LogP contribution in [0.25, 0.3) is 0 Å². The van der Waals surface area contributed by atoms with Crippen LogP contribution < -0.4 is 0 Å². The van der Waals surface area contributed by atoms with Gasteiger partial charge in [0.25, 0.3) is 5.91 Å². The van der Waals surface area contributed by atoms with Gasteiger partial charge in [0.05, 0.1) is 6.10 Å². The predicted molar refractivity (Wildman–Crippen MR) is 57.0 cm³/mol. The molecule has 92 valence electrons. The van der Waals surface area contributed by atoms with Gasteiger partial charge in [-0.25, -0.2) is 4.79 Å². The molecule has 0 aromatic carbocycles. The van der Waals surface area contributed by atoms with Gasteiger partial charge in [-0.3, -0.25) is 4.79 Å². The van der Waals surface area contributed by atoms with E-state index in [0.29, 0.717) is 13.1 Å². The van der Waals surface area contributed by atoms with Crippen molar-refractivity contribution in [2.24, 2.45) is 0 Å². The molecule has 1 saturated heterocycles. The number of methoxy groups -OCH3 is 1. The van der Waals surface area contributed by atoms with E-state index in [-0.39, 0.29) is 23.5 Å². The highest BCUT2D eigenvalue weighted by Crippen LogP contribution is 2.17. The molecule has 6 heteroatoms. The molecule has 0 bridgehead atoms. The van der Waals surface area contributed by atoms with Crippen molar-refractivity contribution < 1.29 is 23.8 Å². The van der Waals surface area contributed by atoms with E-state index < -0.39 is 5.97 Å². The van der Waals surface area contributed by atoms with Gasteiger partial charge in [0.1, 0.15) is 0 Å². The quantitative estimate of drug-likeness (QED) is 0.845. The Morgan fingerprint density at radius 1 is 1.47 bits per heavy atom. The summed E-state index contributed by atoms with van der Waals surface area (Å²) in [5.41, 5.74) is 0. The summed E-state index contributed by atoms with van der Waals surface area (Å²) in [6.45, 7) is 1.11. The van der Waals surface area contributed by atoms with Crippen LogP contribution in [0.1, 0.15) is 27.5 Å². The van der Waals surface area contributed by atoms with E-state index in [9.17, 15) is 9.59 Å². The summed E-state index contributed by atoms with van der Waals surface area (Å²) >= 11 is 0. The first-order valence-electron chi connectivity index (χ1n) is 5.27. The normalized spacial score (nSPS) is 19.6. The highest BCUT2D eigenvalue weighted by Gasteiger charge is 2.28. The minimum absolute atomic E-state index is 0.0489. The number of likely N-dealkylation sites (tertiary alicyclic amines) is 1. The zero-order valence-corrected chi connectivity index (χ0v) is 9.38. The Kier molecular flexibility index (Phi) is 3.14. The highest BCUT2D eigenvalue weighted by atomic mass is 16.5. The molecule has 0 radical (unpaired) electrons. The Morgan fingerprint density at radius 2 is 2.18 bits per heavy atom. The fourth-order valence-corrected chi connectivity index (χ4v) is 1.83. The molecule has 1 aromatic rings. The second kappa shape index (κ2) is 4.58. The van der Waals surface area contributed by atoms with Crippen molar-refractivity contribution >= 4 is 11.9 Å². The molecule has 1 aliphatic heterocycles. The van der Waals surface area contributed by atoms with Crippen LogP contribution in [0.15, 0.2) is 16.5 Å². The van der Waals surface area contributed by atoms with E-state index in [4.69, 9.17) is 14.3 Å². The van der Waals surface area contributed by atoms with E-state index in [0.717, 1.165) is 6.42 Å². The largest absolute Gasteiger partial charge is 0.475 e. The average Bonchev–Trinajstić information content (AvgIpc) is 2.97. The maximum atomic E-state index is 11.9. The van der Waals surface area contributed by atoms with Crippen molar-refractivity contribution in [1.29, 1.82) is 0 Å². The molecule has 0 saturated carbocycles. The summed E-state index contributed by atoms with van der Waals surface area (Å²) < 4.78 is 10.1. The molecule has 17 heavy (non-hydrogen) atoms. The Labute approximate surface area is 97.8 Å². The van der Waals surface area contributed by atoms with Gasteiger partial charge in [0.15, 0.2) is 5.76 Å². The molecule has 2 rings (SSSR count). The maximum Gasteiger partial charge on any atom is 0.371 e. The number of carboxylic acid groups (broad SMARTS) is 1. The lowest BCUT2D eigenvalue weighted by atomic mass is 10.3. The van der Waals surface area contributed by atoms with Crippen LogP contribution in [0.5, 0.6) is 0 Å². The van der Waals surface area contributed by atoms with Gasteiger partial charge in [-0.15, -0.1) is 0 Å². The summed E-state index contributed by atoms with van der Waals surface area (Å²) in [7, 11) is 1.61. The van der Waals surface area contributed by atoms with Crippen molar-refractivity contribution in [3.8, 4) is 0 Å². The Bertz CT molecular complexity index is 439. The number of nitrogens with zero attached hydrogens (tertiary/aromatic N) is 1. The number of furan rings is 1. The molecule has 1 atom stereocenters. The molecule has 6 nitrogen and oxygen atoms in total. The molecule has 1 aliphatic rings. The van der Waals surface area contributed by atoms with Crippen molar-refractivity contribution in [2.45, 2.75) is 12.5 Å². The molecule has 1 unspecified atom stereocenters. The van der Waals surface area contributed by atoms with Gasteiger partial charge >= 0.3 is 5.97 Å². The summed E-state index contributed by atoms with van der Waals surface area (Å²) in [6.07, 6.45) is 0.835. The van der Waals surface area contributed by atoms with Crippen molar-refractivity contribution in [1.82, 2.24) is 4.90 Å². The number of carboxylic acids is 1. The number of carbonyl (C=O) groups is 2. The summed E-state index contributed by atoms with van der Waals surface area (Å²) in [6, 6.07) is 2.66. The fraction of sp³-hybridized carbons (Fsp3) is 0.455. The molecule has 2 heterocycles. The summed E-state index contributed by atoms with van der Waals surface area (Å²) in [4.78, 5) is 24.1. The minimum atomic E-state index is -1.18. The van der Waals surface area contributed by atoms with Gasteiger partial charge in [-0.05, 0) is 18.6 Å². The van der Waals surface area contributed by atoms with Crippen LogP contribution >= 0.6 is 0 Å². The van der Waals surface area contributed by atoms with E-state index in [2.05, 4.69) is 0 Å². The first kappa shape index (κ1) is 11.7. The third-order valence-corrected chi connectivity index (χ3v) is 2.79. The molecule has 1 fully saturated rings. The number of hydrogen-bond acceptors (Lipinski definition) is 4. The van der Waals surface area contributed by atoms with Crippen molar-refractivity contribution in [3.63, 3.8) is 0 Å². The minimum Gasteiger partial charge on any atom is -0.475 e. The lowest BCUT2D eigenvalue weighted by molar-refractivity contribution is 0.0644. The first-order valence-corrected chi connectivity index (χ1v) is 5.27. The second-order valence-corrected chi connectivity index (χ2v) is 3.87. The molecular formula is C11H13NO5. The number of hydrogen-bond donors (Lipinski definition) is 1. The fourth-order valence-electron chi connectivity index (χ4n) is 1.83. The lowest BCUT2D eigenvalue weighted by Gasteiger charge is -2.14. The van der Waals surface area contributed by atoms with Crippen LogP contribution in [-0.4, -0.2) is 48.2 Å². The van der Waals surface area contributed by atoms with Gasteiger partial charge in [0, 0.05) is 20.2 Å². The monoisotopic (exact) mass is 239 g/mol. The van der Waals surface area contributed by atoms with Crippen molar-refractivity contribution in [2.75, 3.05) is 20.2 Å². The summed E-state index contributed by atoms with van der Waals surface area (Å²) in [5, 5.41) is 8.69. The lowest BCUT2D eigenvalue weighted by Crippen LogP contribution is -2.29. The molecular weight excluding hydrogens is 226 g/mol. The molecule has 0 aliphatic carbocycles. The second-order valence-electron chi connectivity index (χ2n) is 3.87. The van der Waals surface area contributed by atoms with Crippen LogP contribution in [-0.2, 0) is 4.74 Å².